The second kappa shape index (κ2) is 4.68. The summed E-state index contributed by atoms with van der Waals surface area (Å²) >= 11 is 0. The van der Waals surface area contributed by atoms with Crippen molar-refractivity contribution in [1.29, 1.82) is 0 Å². The van der Waals surface area contributed by atoms with Gasteiger partial charge in [0.15, 0.2) is 0 Å². The predicted octanol–water partition coefficient (Wildman–Crippen LogP) is 1.62. The van der Waals surface area contributed by atoms with Gasteiger partial charge in [-0.1, -0.05) is 6.92 Å². The molecule has 14 heavy (non-hydrogen) atoms. The summed E-state index contributed by atoms with van der Waals surface area (Å²) in [6, 6.07) is 0. The fraction of sp³-hybridized carbons (Fsp3) is 0.714. The molecule has 7 heteroatoms. The topological polar surface area (TPSA) is 74.5 Å². The highest BCUT2D eigenvalue weighted by Crippen LogP contribution is 2.49. The molecule has 1 heterocycles. The molecule has 0 aliphatic heterocycles. The standard InChI is InChI=1S/C7H13N2O4P/c1-4-6-8-9-7(13-6)5-14(10,11-2)12-3/h4-5H2,1-3H3. The number of aromatic nitrogens is 2. The molecule has 0 atom stereocenters. The highest BCUT2D eigenvalue weighted by molar-refractivity contribution is 7.52. The van der Waals surface area contributed by atoms with Crippen LogP contribution in [0.1, 0.15) is 18.7 Å². The van der Waals surface area contributed by atoms with E-state index in [0.717, 1.165) is 0 Å². The molecule has 0 fully saturated rings. The minimum Gasteiger partial charge on any atom is -0.425 e. The molecule has 0 aliphatic carbocycles. The van der Waals surface area contributed by atoms with Crippen molar-refractivity contribution in [2.45, 2.75) is 19.5 Å². The van der Waals surface area contributed by atoms with Crippen LogP contribution in [-0.4, -0.2) is 24.4 Å². The van der Waals surface area contributed by atoms with Gasteiger partial charge in [0.05, 0.1) is 0 Å². The van der Waals surface area contributed by atoms with Gasteiger partial charge in [-0.25, -0.2) is 0 Å². The lowest BCUT2D eigenvalue weighted by atomic mass is 10.5. The third-order valence-electron chi connectivity index (χ3n) is 1.70. The van der Waals surface area contributed by atoms with E-state index in [1.54, 1.807) is 0 Å². The minimum absolute atomic E-state index is 0.00694. The Morgan fingerprint density at radius 1 is 1.29 bits per heavy atom. The van der Waals surface area contributed by atoms with Crippen molar-refractivity contribution in [3.8, 4) is 0 Å². The molecule has 0 aromatic carbocycles. The smallest absolute Gasteiger partial charge is 0.339 e. The molecule has 6 nitrogen and oxygen atoms in total. The molecule has 1 rings (SSSR count). The van der Waals surface area contributed by atoms with Crippen LogP contribution < -0.4 is 0 Å². The van der Waals surface area contributed by atoms with Crippen LogP contribution in [0.15, 0.2) is 4.42 Å². The van der Waals surface area contributed by atoms with Crippen LogP contribution >= 0.6 is 7.60 Å². The van der Waals surface area contributed by atoms with Gasteiger partial charge in [-0.05, 0) is 0 Å². The quantitative estimate of drug-likeness (QED) is 0.702. The monoisotopic (exact) mass is 220 g/mol. The maximum Gasteiger partial charge on any atom is 0.339 e. The Kier molecular flexibility index (Phi) is 3.80. The molecule has 0 radical (unpaired) electrons. The van der Waals surface area contributed by atoms with Crippen LogP contribution in [0, 0.1) is 0 Å². The van der Waals surface area contributed by atoms with Gasteiger partial charge >= 0.3 is 7.60 Å². The zero-order valence-corrected chi connectivity index (χ0v) is 9.28. The van der Waals surface area contributed by atoms with Gasteiger partial charge < -0.3 is 13.5 Å². The summed E-state index contributed by atoms with van der Waals surface area (Å²) in [5, 5.41) is 7.46. The molecule has 1 aromatic heterocycles. The summed E-state index contributed by atoms with van der Waals surface area (Å²) in [4.78, 5) is 0. The first kappa shape index (κ1) is 11.4. The molecule has 0 aliphatic rings. The van der Waals surface area contributed by atoms with Crippen LogP contribution in [0.3, 0.4) is 0 Å². The SMILES string of the molecule is CCc1nnc(CP(=O)(OC)OC)o1. The van der Waals surface area contributed by atoms with E-state index in [-0.39, 0.29) is 12.1 Å². The van der Waals surface area contributed by atoms with Crippen molar-refractivity contribution in [1.82, 2.24) is 10.2 Å². The summed E-state index contributed by atoms with van der Waals surface area (Å²) in [6.45, 7) is 1.89. The highest BCUT2D eigenvalue weighted by atomic mass is 31.2. The second-order valence-corrected chi connectivity index (χ2v) is 4.85. The van der Waals surface area contributed by atoms with Gasteiger partial charge in [-0.15, -0.1) is 10.2 Å². The number of aryl methyl sites for hydroxylation is 1. The Hall–Kier alpha value is -0.710. The molecule has 0 saturated heterocycles. The first-order chi connectivity index (χ1) is 6.63. The fourth-order valence-electron chi connectivity index (χ4n) is 0.864. The van der Waals surface area contributed by atoms with Gasteiger partial charge in [-0.2, -0.15) is 0 Å². The molecular weight excluding hydrogens is 207 g/mol. The lowest BCUT2D eigenvalue weighted by molar-refractivity contribution is 0.271. The minimum atomic E-state index is -3.10. The summed E-state index contributed by atoms with van der Waals surface area (Å²) in [5.41, 5.74) is 0. The number of hydrogen-bond acceptors (Lipinski definition) is 6. The van der Waals surface area contributed by atoms with Crippen LogP contribution in [0.2, 0.25) is 0 Å². The summed E-state index contributed by atoms with van der Waals surface area (Å²) < 4.78 is 26.3. The molecule has 0 saturated carbocycles. The first-order valence-corrected chi connectivity index (χ1v) is 5.88. The average Bonchev–Trinajstić information content (AvgIpc) is 2.65. The maximum atomic E-state index is 11.6. The van der Waals surface area contributed by atoms with Crippen molar-refractivity contribution in [2.24, 2.45) is 0 Å². The highest BCUT2D eigenvalue weighted by Gasteiger charge is 2.25. The van der Waals surface area contributed by atoms with Gasteiger partial charge in [0.2, 0.25) is 11.8 Å². The summed E-state index contributed by atoms with van der Waals surface area (Å²) in [7, 11) is -0.455. The molecule has 0 N–H and O–H groups in total. The molecule has 0 bridgehead atoms. The second-order valence-electron chi connectivity index (χ2n) is 2.58. The van der Waals surface area contributed by atoms with E-state index in [2.05, 4.69) is 10.2 Å². The number of rotatable bonds is 5. The first-order valence-electron chi connectivity index (χ1n) is 4.15. The lowest BCUT2D eigenvalue weighted by Gasteiger charge is -2.10. The van der Waals surface area contributed by atoms with Crippen molar-refractivity contribution >= 4 is 7.60 Å². The Morgan fingerprint density at radius 3 is 2.29 bits per heavy atom. The molecule has 0 amide bonds. The zero-order chi connectivity index (χ0) is 10.6. The van der Waals surface area contributed by atoms with Gasteiger partial charge in [-0.3, -0.25) is 4.57 Å². The number of nitrogens with zero attached hydrogens (tertiary/aromatic N) is 2. The van der Waals surface area contributed by atoms with Gasteiger partial charge in [0.25, 0.3) is 0 Å². The van der Waals surface area contributed by atoms with Gasteiger partial charge in [0.1, 0.15) is 6.16 Å². The van der Waals surface area contributed by atoms with Crippen LogP contribution in [-0.2, 0) is 26.2 Å². The Labute approximate surface area is 82.1 Å². The third kappa shape index (κ3) is 2.64. The fourth-order valence-corrected chi connectivity index (χ4v) is 1.73. The molecular formula is C7H13N2O4P. The normalized spacial score (nSPS) is 11.9. The van der Waals surface area contributed by atoms with E-state index in [9.17, 15) is 4.57 Å². The van der Waals surface area contributed by atoms with Crippen molar-refractivity contribution in [3.63, 3.8) is 0 Å². The Balaban J connectivity index is 2.72. The number of hydrogen-bond donors (Lipinski definition) is 0. The summed E-state index contributed by atoms with van der Waals surface area (Å²) in [6.07, 6.45) is 0.657. The van der Waals surface area contributed by atoms with Crippen LogP contribution in [0.5, 0.6) is 0 Å². The molecule has 1 aromatic rings. The average molecular weight is 220 g/mol. The van der Waals surface area contributed by atoms with Crippen molar-refractivity contribution < 1.29 is 18.0 Å². The Bertz CT molecular complexity index is 330. The van der Waals surface area contributed by atoms with E-state index < -0.39 is 7.60 Å². The lowest BCUT2D eigenvalue weighted by Crippen LogP contribution is -1.93. The Morgan fingerprint density at radius 2 is 1.86 bits per heavy atom. The maximum absolute atomic E-state index is 11.6. The van der Waals surface area contributed by atoms with Gasteiger partial charge in [0, 0.05) is 20.6 Å². The van der Waals surface area contributed by atoms with E-state index >= 15 is 0 Å². The predicted molar refractivity (Wildman–Crippen MR) is 49.0 cm³/mol. The largest absolute Gasteiger partial charge is 0.425 e. The van der Waals surface area contributed by atoms with Crippen molar-refractivity contribution in [2.75, 3.05) is 14.2 Å². The van der Waals surface area contributed by atoms with E-state index in [4.69, 9.17) is 13.5 Å². The summed E-state index contributed by atoms with van der Waals surface area (Å²) in [5.74, 6) is 0.785. The van der Waals surface area contributed by atoms with E-state index in [0.29, 0.717) is 12.3 Å². The molecule has 0 spiro atoms. The molecule has 0 unspecified atom stereocenters. The third-order valence-corrected chi connectivity index (χ3v) is 3.47. The van der Waals surface area contributed by atoms with Crippen LogP contribution in [0.25, 0.3) is 0 Å². The van der Waals surface area contributed by atoms with Crippen LogP contribution in [0.4, 0.5) is 0 Å². The van der Waals surface area contributed by atoms with E-state index in [1.165, 1.54) is 14.2 Å². The van der Waals surface area contributed by atoms with E-state index in [1.807, 2.05) is 6.92 Å². The zero-order valence-electron chi connectivity index (χ0n) is 8.39. The molecule has 80 valence electrons. The van der Waals surface area contributed by atoms with Crippen molar-refractivity contribution in [3.05, 3.63) is 11.8 Å².